The molecule has 0 saturated carbocycles. The maximum atomic E-state index is 6.15. The van der Waals surface area contributed by atoms with Gasteiger partial charge >= 0.3 is 0 Å². The van der Waals surface area contributed by atoms with Crippen molar-refractivity contribution in [3.05, 3.63) is 28.8 Å². The van der Waals surface area contributed by atoms with Crippen LogP contribution in [0.1, 0.15) is 38.7 Å². The molecule has 1 rings (SSSR count). The average molecular weight is 256 g/mol. The maximum absolute atomic E-state index is 6.15. The molecule has 0 amide bonds. The monoisotopic (exact) mass is 255 g/mol. The molecular formula is C14H22ClNO. The van der Waals surface area contributed by atoms with Crippen molar-refractivity contribution in [2.75, 3.05) is 13.2 Å². The molecule has 2 nitrogen and oxygen atoms in total. The molecule has 0 heterocycles. The topological polar surface area (TPSA) is 21.3 Å². The van der Waals surface area contributed by atoms with Gasteiger partial charge in [-0.1, -0.05) is 37.9 Å². The molecule has 1 N–H and O–H groups in total. The van der Waals surface area contributed by atoms with Crippen LogP contribution in [0.25, 0.3) is 0 Å². The molecule has 17 heavy (non-hydrogen) atoms. The quantitative estimate of drug-likeness (QED) is 0.709. The van der Waals surface area contributed by atoms with Crippen LogP contribution >= 0.6 is 11.6 Å². The highest BCUT2D eigenvalue weighted by molar-refractivity contribution is 6.32. The normalized spacial score (nSPS) is 10.5. The van der Waals surface area contributed by atoms with Crippen LogP contribution < -0.4 is 10.1 Å². The van der Waals surface area contributed by atoms with Crippen molar-refractivity contribution in [1.82, 2.24) is 5.32 Å². The molecule has 96 valence electrons. The van der Waals surface area contributed by atoms with E-state index in [-0.39, 0.29) is 0 Å². The molecule has 0 unspecified atom stereocenters. The van der Waals surface area contributed by atoms with E-state index in [2.05, 4.69) is 25.2 Å². The Kier molecular flexibility index (Phi) is 7.06. The molecule has 0 saturated heterocycles. The minimum Gasteiger partial charge on any atom is -0.492 e. The smallest absolute Gasteiger partial charge is 0.137 e. The van der Waals surface area contributed by atoms with Crippen molar-refractivity contribution in [2.24, 2.45) is 0 Å². The molecule has 0 atom stereocenters. The third-order valence-electron chi connectivity index (χ3n) is 2.49. The molecule has 0 aliphatic heterocycles. The number of halogens is 1. The lowest BCUT2D eigenvalue weighted by Gasteiger charge is -2.09. The van der Waals surface area contributed by atoms with E-state index in [1.54, 1.807) is 0 Å². The molecule has 3 heteroatoms. The highest BCUT2D eigenvalue weighted by atomic mass is 35.5. The second-order valence-electron chi connectivity index (χ2n) is 4.14. The average Bonchev–Trinajstić information content (AvgIpc) is 2.34. The van der Waals surface area contributed by atoms with Gasteiger partial charge in [0, 0.05) is 6.54 Å². The molecule has 0 spiro atoms. The summed E-state index contributed by atoms with van der Waals surface area (Å²) < 4.78 is 5.53. The largest absolute Gasteiger partial charge is 0.492 e. The summed E-state index contributed by atoms with van der Waals surface area (Å²) in [5, 5.41) is 4.10. The number of hydrogen-bond donors (Lipinski definition) is 1. The van der Waals surface area contributed by atoms with Crippen molar-refractivity contribution in [2.45, 2.75) is 39.7 Å². The summed E-state index contributed by atoms with van der Waals surface area (Å²) >= 11 is 6.15. The fourth-order valence-corrected chi connectivity index (χ4v) is 1.78. The Morgan fingerprint density at radius 1 is 1.24 bits per heavy atom. The van der Waals surface area contributed by atoms with Crippen molar-refractivity contribution in [3.63, 3.8) is 0 Å². The van der Waals surface area contributed by atoms with Crippen LogP contribution in [-0.4, -0.2) is 13.2 Å². The van der Waals surface area contributed by atoms with Gasteiger partial charge in [-0.05, 0) is 37.1 Å². The van der Waals surface area contributed by atoms with Crippen LogP contribution in [0.3, 0.4) is 0 Å². The molecule has 1 aromatic carbocycles. The SMILES string of the molecule is CCCCNCc1ccc(OCCC)c(Cl)c1. The van der Waals surface area contributed by atoms with E-state index >= 15 is 0 Å². The van der Waals surface area contributed by atoms with Gasteiger partial charge in [-0.25, -0.2) is 0 Å². The van der Waals surface area contributed by atoms with Gasteiger partial charge in [0.25, 0.3) is 0 Å². The number of benzene rings is 1. The Balaban J connectivity index is 2.44. The van der Waals surface area contributed by atoms with Crippen LogP contribution in [0, 0.1) is 0 Å². The van der Waals surface area contributed by atoms with Gasteiger partial charge in [-0.15, -0.1) is 0 Å². The minimum absolute atomic E-state index is 0.702. The number of unbranched alkanes of at least 4 members (excludes halogenated alkanes) is 1. The van der Waals surface area contributed by atoms with E-state index in [0.29, 0.717) is 11.6 Å². The molecule has 0 aliphatic rings. The van der Waals surface area contributed by atoms with Crippen LogP contribution in [0.4, 0.5) is 0 Å². The Morgan fingerprint density at radius 2 is 2.06 bits per heavy atom. The van der Waals surface area contributed by atoms with E-state index in [1.165, 1.54) is 18.4 Å². The third-order valence-corrected chi connectivity index (χ3v) is 2.79. The number of ether oxygens (including phenoxy) is 1. The van der Waals surface area contributed by atoms with Gasteiger partial charge in [-0.2, -0.15) is 0 Å². The zero-order chi connectivity index (χ0) is 12.5. The van der Waals surface area contributed by atoms with E-state index in [0.717, 1.165) is 25.3 Å². The molecule has 0 radical (unpaired) electrons. The van der Waals surface area contributed by atoms with Crippen molar-refractivity contribution in [3.8, 4) is 5.75 Å². The van der Waals surface area contributed by atoms with Crippen molar-refractivity contribution >= 4 is 11.6 Å². The number of hydrogen-bond acceptors (Lipinski definition) is 2. The molecular weight excluding hydrogens is 234 g/mol. The fraction of sp³-hybridized carbons (Fsp3) is 0.571. The van der Waals surface area contributed by atoms with Gasteiger partial charge in [0.1, 0.15) is 5.75 Å². The summed E-state index contributed by atoms with van der Waals surface area (Å²) in [5.41, 5.74) is 1.20. The molecule has 0 fully saturated rings. The van der Waals surface area contributed by atoms with Crippen molar-refractivity contribution < 1.29 is 4.74 Å². The summed E-state index contributed by atoms with van der Waals surface area (Å²) in [6.45, 7) is 6.92. The number of rotatable bonds is 8. The zero-order valence-corrected chi connectivity index (χ0v) is 11.5. The second-order valence-corrected chi connectivity index (χ2v) is 4.55. The van der Waals surface area contributed by atoms with Crippen LogP contribution in [0.2, 0.25) is 5.02 Å². The van der Waals surface area contributed by atoms with Crippen LogP contribution in [-0.2, 0) is 6.54 Å². The van der Waals surface area contributed by atoms with E-state index in [1.807, 2.05) is 12.1 Å². The van der Waals surface area contributed by atoms with Crippen LogP contribution in [0.5, 0.6) is 5.75 Å². The predicted octanol–water partition coefficient (Wildman–Crippen LogP) is 4.02. The standard InChI is InChI=1S/C14H22ClNO/c1-3-5-8-16-11-12-6-7-14(13(15)10-12)17-9-4-2/h6-7,10,16H,3-5,8-9,11H2,1-2H3. The minimum atomic E-state index is 0.702. The third kappa shape index (κ3) is 5.42. The van der Waals surface area contributed by atoms with E-state index < -0.39 is 0 Å². The molecule has 1 aromatic rings. The summed E-state index contributed by atoms with van der Waals surface area (Å²) in [5.74, 6) is 0.783. The summed E-state index contributed by atoms with van der Waals surface area (Å²) in [7, 11) is 0. The first-order chi connectivity index (χ1) is 8.27. The number of nitrogens with one attached hydrogen (secondary N) is 1. The fourth-order valence-electron chi connectivity index (χ4n) is 1.52. The zero-order valence-electron chi connectivity index (χ0n) is 10.8. The lowest BCUT2D eigenvalue weighted by molar-refractivity contribution is 0.317. The Hall–Kier alpha value is -0.730. The summed E-state index contributed by atoms with van der Waals surface area (Å²) in [6.07, 6.45) is 3.43. The van der Waals surface area contributed by atoms with Gasteiger partial charge in [0.2, 0.25) is 0 Å². The Bertz CT molecular complexity index is 328. The lowest BCUT2D eigenvalue weighted by Crippen LogP contribution is -2.14. The summed E-state index contributed by atoms with van der Waals surface area (Å²) in [4.78, 5) is 0. The first kappa shape index (κ1) is 14.3. The Labute approximate surface area is 109 Å². The van der Waals surface area contributed by atoms with Gasteiger partial charge in [0.05, 0.1) is 11.6 Å². The van der Waals surface area contributed by atoms with E-state index in [4.69, 9.17) is 16.3 Å². The van der Waals surface area contributed by atoms with Gasteiger partial charge < -0.3 is 10.1 Å². The predicted molar refractivity (Wildman–Crippen MR) is 73.9 cm³/mol. The molecule has 0 aliphatic carbocycles. The van der Waals surface area contributed by atoms with Gasteiger partial charge in [0.15, 0.2) is 0 Å². The first-order valence-electron chi connectivity index (χ1n) is 6.39. The molecule has 0 aromatic heterocycles. The van der Waals surface area contributed by atoms with Crippen molar-refractivity contribution in [1.29, 1.82) is 0 Å². The lowest BCUT2D eigenvalue weighted by atomic mass is 10.2. The van der Waals surface area contributed by atoms with Crippen LogP contribution in [0.15, 0.2) is 18.2 Å². The highest BCUT2D eigenvalue weighted by Crippen LogP contribution is 2.25. The second kappa shape index (κ2) is 8.37. The first-order valence-corrected chi connectivity index (χ1v) is 6.77. The molecule has 0 bridgehead atoms. The summed E-state index contributed by atoms with van der Waals surface area (Å²) in [6, 6.07) is 6.00. The Morgan fingerprint density at radius 3 is 2.71 bits per heavy atom. The maximum Gasteiger partial charge on any atom is 0.137 e. The highest BCUT2D eigenvalue weighted by Gasteiger charge is 2.02. The van der Waals surface area contributed by atoms with Gasteiger partial charge in [-0.3, -0.25) is 0 Å². The van der Waals surface area contributed by atoms with E-state index in [9.17, 15) is 0 Å².